The van der Waals surface area contributed by atoms with Gasteiger partial charge < -0.3 is 10.6 Å². The zero-order valence-corrected chi connectivity index (χ0v) is 22.1. The van der Waals surface area contributed by atoms with Crippen LogP contribution in [-0.4, -0.2) is 40.3 Å². The number of benzene rings is 2. The Labute approximate surface area is 224 Å². The maximum atomic E-state index is 14.2. The lowest BCUT2D eigenvalue weighted by atomic mass is 10.1. The van der Waals surface area contributed by atoms with Gasteiger partial charge in [0.2, 0.25) is 0 Å². The number of rotatable bonds is 6. The number of hydrogen-bond acceptors (Lipinski definition) is 7. The van der Waals surface area contributed by atoms with Gasteiger partial charge in [0, 0.05) is 36.5 Å². The highest BCUT2D eigenvalue weighted by Crippen LogP contribution is 2.39. The molecule has 0 aliphatic heterocycles. The van der Waals surface area contributed by atoms with E-state index in [2.05, 4.69) is 15.1 Å². The maximum Gasteiger partial charge on any atom is 0.260 e. The third kappa shape index (κ3) is 4.59. The van der Waals surface area contributed by atoms with Gasteiger partial charge in [-0.15, -0.1) is 0 Å². The predicted molar refractivity (Wildman–Crippen MR) is 147 cm³/mol. The predicted octanol–water partition coefficient (Wildman–Crippen LogP) is 4.37. The van der Waals surface area contributed by atoms with Crippen molar-refractivity contribution in [2.75, 3.05) is 16.9 Å². The highest BCUT2D eigenvalue weighted by molar-refractivity contribution is 7.90. The fraction of sp³-hybridized carbons (Fsp3) is 0.214. The van der Waals surface area contributed by atoms with E-state index in [1.54, 1.807) is 23.0 Å². The number of aryl methyl sites for hydroxylation is 1. The number of fused-ring (bicyclic) bond motifs is 3. The minimum atomic E-state index is -3.87. The lowest BCUT2D eigenvalue weighted by molar-refractivity contribution is 0.0984. The van der Waals surface area contributed by atoms with Crippen molar-refractivity contribution in [3.63, 3.8) is 0 Å². The standard InChI is InChI=1S/C28H25FN6O3S/c1-34-26-20-8-3-16(11-23(20)33-27(30)21(26)14-32-34)15-35(24-10-7-19(29)12-25(24)39(2,37)38)28(36)18-6-9-22(31-13-18)17-4-5-17/h3,6-14,17H,4-5,15H2,1-2H3,(H2,30,33). The second-order valence-electron chi connectivity index (χ2n) is 9.90. The molecule has 11 heteroatoms. The van der Waals surface area contributed by atoms with Crippen molar-refractivity contribution in [2.24, 2.45) is 7.05 Å². The Morgan fingerprint density at radius 2 is 1.90 bits per heavy atom. The van der Waals surface area contributed by atoms with E-state index in [4.69, 9.17) is 5.73 Å². The summed E-state index contributed by atoms with van der Waals surface area (Å²) in [6.07, 6.45) is 6.31. The van der Waals surface area contributed by atoms with Crippen molar-refractivity contribution in [3.05, 3.63) is 83.6 Å². The molecule has 2 N–H and O–H groups in total. The van der Waals surface area contributed by atoms with E-state index in [1.807, 2.05) is 25.2 Å². The number of anilines is 2. The minimum absolute atomic E-state index is 0.00168. The number of hydrogen-bond donors (Lipinski definition) is 1. The Hall–Kier alpha value is -4.38. The fourth-order valence-corrected chi connectivity index (χ4v) is 5.75. The number of aromatic nitrogens is 4. The number of nitrogens with two attached hydrogens (primary N) is 1. The summed E-state index contributed by atoms with van der Waals surface area (Å²) in [4.78, 5) is 23.9. The van der Waals surface area contributed by atoms with Crippen LogP contribution < -0.4 is 10.6 Å². The van der Waals surface area contributed by atoms with Crippen molar-refractivity contribution in [1.29, 1.82) is 0 Å². The number of amides is 1. The average Bonchev–Trinajstić information content (AvgIpc) is 3.68. The third-order valence-corrected chi connectivity index (χ3v) is 8.13. The molecule has 0 unspecified atom stereocenters. The summed E-state index contributed by atoms with van der Waals surface area (Å²) < 4.78 is 41.2. The number of carbonyl (C=O) groups is 1. The van der Waals surface area contributed by atoms with Crippen LogP contribution in [0.1, 0.15) is 40.4 Å². The second kappa shape index (κ2) is 9.12. The Bertz CT molecular complexity index is 1880. The smallest absolute Gasteiger partial charge is 0.260 e. The van der Waals surface area contributed by atoms with Crippen LogP contribution in [0.2, 0.25) is 0 Å². The lowest BCUT2D eigenvalue weighted by Gasteiger charge is -2.25. The molecule has 1 fully saturated rings. The molecule has 198 valence electrons. The monoisotopic (exact) mass is 544 g/mol. The molecule has 5 aromatic rings. The Balaban J connectivity index is 1.46. The van der Waals surface area contributed by atoms with Crippen LogP contribution in [0.3, 0.4) is 0 Å². The summed E-state index contributed by atoms with van der Waals surface area (Å²) in [5.74, 6) is -0.429. The normalized spacial score (nSPS) is 13.7. The zero-order valence-electron chi connectivity index (χ0n) is 21.3. The van der Waals surface area contributed by atoms with Crippen LogP contribution in [0.25, 0.3) is 21.8 Å². The van der Waals surface area contributed by atoms with Crippen molar-refractivity contribution in [1.82, 2.24) is 19.7 Å². The molecule has 1 aliphatic carbocycles. The van der Waals surface area contributed by atoms with E-state index in [0.29, 0.717) is 28.4 Å². The molecule has 9 nitrogen and oxygen atoms in total. The molecular formula is C28H25FN6O3S. The average molecular weight is 545 g/mol. The minimum Gasteiger partial charge on any atom is -0.383 e. The topological polar surface area (TPSA) is 124 Å². The van der Waals surface area contributed by atoms with E-state index in [1.165, 1.54) is 17.2 Å². The number of pyridine rings is 2. The SMILES string of the molecule is Cn1ncc2c(N)nc3cc(CN(C(=O)c4ccc(C5CC5)nc4)c4ccc(F)cc4S(C)(=O)=O)ccc3c21. The first-order valence-corrected chi connectivity index (χ1v) is 14.3. The summed E-state index contributed by atoms with van der Waals surface area (Å²) in [5.41, 5.74) is 9.59. The molecule has 3 heterocycles. The summed E-state index contributed by atoms with van der Waals surface area (Å²) in [6.45, 7) is -0.00168. The lowest BCUT2D eigenvalue weighted by Crippen LogP contribution is -2.32. The quantitative estimate of drug-likeness (QED) is 0.337. The highest BCUT2D eigenvalue weighted by atomic mass is 32.2. The fourth-order valence-electron chi connectivity index (χ4n) is 4.87. The Morgan fingerprint density at radius 1 is 1.10 bits per heavy atom. The molecule has 0 bridgehead atoms. The molecule has 0 spiro atoms. The molecule has 1 aliphatic rings. The van der Waals surface area contributed by atoms with Crippen LogP contribution in [0.4, 0.5) is 15.9 Å². The zero-order chi connectivity index (χ0) is 27.5. The van der Waals surface area contributed by atoms with E-state index >= 15 is 0 Å². The number of nitrogen functional groups attached to an aromatic ring is 1. The third-order valence-electron chi connectivity index (χ3n) is 7.00. The van der Waals surface area contributed by atoms with E-state index in [-0.39, 0.29) is 17.1 Å². The van der Waals surface area contributed by atoms with E-state index < -0.39 is 21.6 Å². The van der Waals surface area contributed by atoms with Crippen molar-refractivity contribution < 1.29 is 17.6 Å². The summed E-state index contributed by atoms with van der Waals surface area (Å²) >= 11 is 0. The Morgan fingerprint density at radius 3 is 2.59 bits per heavy atom. The summed E-state index contributed by atoms with van der Waals surface area (Å²) in [5, 5.41) is 5.85. The van der Waals surface area contributed by atoms with Crippen molar-refractivity contribution >= 4 is 49.1 Å². The van der Waals surface area contributed by atoms with Gasteiger partial charge in [-0.3, -0.25) is 14.5 Å². The van der Waals surface area contributed by atoms with Crippen LogP contribution in [0, 0.1) is 5.82 Å². The first-order chi connectivity index (χ1) is 18.6. The Kier molecular flexibility index (Phi) is 5.83. The van der Waals surface area contributed by atoms with Crippen LogP contribution in [0.15, 0.2) is 65.8 Å². The largest absolute Gasteiger partial charge is 0.383 e. The van der Waals surface area contributed by atoms with Gasteiger partial charge in [0.05, 0.1) is 45.3 Å². The van der Waals surface area contributed by atoms with Gasteiger partial charge in [0.1, 0.15) is 11.6 Å². The molecule has 0 radical (unpaired) electrons. The number of carbonyl (C=O) groups excluding carboxylic acids is 1. The van der Waals surface area contributed by atoms with Crippen LogP contribution in [0.5, 0.6) is 0 Å². The van der Waals surface area contributed by atoms with Gasteiger partial charge in [0.15, 0.2) is 9.84 Å². The first kappa shape index (κ1) is 24.9. The molecular weight excluding hydrogens is 519 g/mol. The number of nitrogens with zero attached hydrogens (tertiary/aromatic N) is 5. The molecule has 0 saturated heterocycles. The molecule has 1 saturated carbocycles. The first-order valence-electron chi connectivity index (χ1n) is 12.4. The van der Waals surface area contributed by atoms with Crippen LogP contribution >= 0.6 is 0 Å². The van der Waals surface area contributed by atoms with E-state index in [9.17, 15) is 17.6 Å². The van der Waals surface area contributed by atoms with Crippen molar-refractivity contribution in [3.8, 4) is 0 Å². The van der Waals surface area contributed by atoms with Gasteiger partial charge in [-0.25, -0.2) is 17.8 Å². The molecule has 39 heavy (non-hydrogen) atoms. The molecule has 3 aromatic heterocycles. The molecule has 1 amide bonds. The molecule has 2 aromatic carbocycles. The van der Waals surface area contributed by atoms with Gasteiger partial charge in [-0.2, -0.15) is 5.10 Å². The summed E-state index contributed by atoms with van der Waals surface area (Å²) in [6, 6.07) is 12.4. The maximum absolute atomic E-state index is 14.2. The van der Waals surface area contributed by atoms with Crippen molar-refractivity contribution in [2.45, 2.75) is 30.2 Å². The molecule has 0 atom stereocenters. The summed E-state index contributed by atoms with van der Waals surface area (Å²) in [7, 11) is -2.05. The van der Waals surface area contributed by atoms with Crippen LogP contribution in [-0.2, 0) is 23.4 Å². The van der Waals surface area contributed by atoms with Gasteiger partial charge in [0.25, 0.3) is 5.91 Å². The van der Waals surface area contributed by atoms with Gasteiger partial charge >= 0.3 is 0 Å². The second-order valence-corrected chi connectivity index (χ2v) is 11.9. The molecule has 6 rings (SSSR count). The number of halogens is 1. The van der Waals surface area contributed by atoms with Gasteiger partial charge in [-0.05, 0) is 54.8 Å². The highest BCUT2D eigenvalue weighted by Gasteiger charge is 2.28. The number of sulfone groups is 1. The van der Waals surface area contributed by atoms with Gasteiger partial charge in [-0.1, -0.05) is 12.1 Å². The van der Waals surface area contributed by atoms with E-state index in [0.717, 1.165) is 53.2 Å².